The van der Waals surface area contributed by atoms with E-state index in [0.717, 1.165) is 6.07 Å². The molecule has 0 spiro atoms. The summed E-state index contributed by atoms with van der Waals surface area (Å²) in [6.45, 7) is -3.06. The van der Waals surface area contributed by atoms with Crippen LogP contribution >= 0.6 is 11.6 Å². The summed E-state index contributed by atoms with van der Waals surface area (Å²) in [6, 6.07) is 7.00. The molecule has 0 aliphatic heterocycles. The minimum absolute atomic E-state index is 0.268. The van der Waals surface area contributed by atoms with Gasteiger partial charge in [-0.05, 0) is 29.7 Å². The molecule has 0 saturated carbocycles. The fourth-order valence-electron chi connectivity index (χ4n) is 1.45. The molecule has 0 aromatic heterocycles. The van der Waals surface area contributed by atoms with E-state index in [1.54, 1.807) is 6.07 Å². The normalized spacial score (nSPS) is 11.1. The van der Waals surface area contributed by atoms with E-state index in [9.17, 15) is 13.2 Å². The number of rotatable bonds is 2. The van der Waals surface area contributed by atoms with Crippen molar-refractivity contribution in [1.82, 2.24) is 0 Å². The fourth-order valence-corrected chi connectivity index (χ4v) is 1.63. The smallest absolute Gasteiger partial charge is 0.387 e. The van der Waals surface area contributed by atoms with E-state index in [1.165, 1.54) is 18.2 Å². The standard InChI is InChI=1S/C11H6ClF3O/c12-7-2-3-8-6(5-7)1-4-9(13)10(8)16-11(14)15/h1-5,11H. The van der Waals surface area contributed by atoms with Crippen LogP contribution in [0.1, 0.15) is 0 Å². The van der Waals surface area contributed by atoms with Crippen molar-refractivity contribution < 1.29 is 17.9 Å². The molecule has 16 heavy (non-hydrogen) atoms. The minimum Gasteiger partial charge on any atom is -0.431 e. The lowest BCUT2D eigenvalue weighted by Crippen LogP contribution is -2.04. The molecule has 5 heteroatoms. The molecule has 0 amide bonds. The van der Waals surface area contributed by atoms with Crippen molar-refractivity contribution >= 4 is 22.4 Å². The average Bonchev–Trinajstić information content (AvgIpc) is 2.22. The van der Waals surface area contributed by atoms with Crippen LogP contribution in [0.3, 0.4) is 0 Å². The van der Waals surface area contributed by atoms with Crippen molar-refractivity contribution in [2.75, 3.05) is 0 Å². The highest BCUT2D eigenvalue weighted by Crippen LogP contribution is 2.31. The Morgan fingerprint density at radius 1 is 1.12 bits per heavy atom. The van der Waals surface area contributed by atoms with Crippen molar-refractivity contribution in [3.05, 3.63) is 41.2 Å². The Morgan fingerprint density at radius 3 is 2.56 bits per heavy atom. The van der Waals surface area contributed by atoms with Crippen LogP contribution in [0, 0.1) is 5.82 Å². The van der Waals surface area contributed by atoms with E-state index in [2.05, 4.69) is 4.74 Å². The summed E-state index contributed by atoms with van der Waals surface area (Å²) < 4.78 is 41.6. The van der Waals surface area contributed by atoms with Crippen molar-refractivity contribution in [3.63, 3.8) is 0 Å². The molecular formula is C11H6ClF3O. The Morgan fingerprint density at radius 2 is 1.88 bits per heavy atom. The van der Waals surface area contributed by atoms with Crippen LogP contribution in [0.2, 0.25) is 5.02 Å². The molecule has 0 aliphatic rings. The van der Waals surface area contributed by atoms with Gasteiger partial charge in [-0.1, -0.05) is 17.7 Å². The first-order valence-corrected chi connectivity index (χ1v) is 4.78. The number of fused-ring (bicyclic) bond motifs is 1. The molecule has 0 fully saturated rings. The van der Waals surface area contributed by atoms with Crippen LogP contribution in [0.4, 0.5) is 13.2 Å². The van der Waals surface area contributed by atoms with Gasteiger partial charge in [-0.25, -0.2) is 4.39 Å². The number of alkyl halides is 2. The molecule has 2 aromatic rings. The number of halogens is 4. The highest BCUT2D eigenvalue weighted by atomic mass is 35.5. The Balaban J connectivity index is 2.64. The van der Waals surface area contributed by atoms with Gasteiger partial charge in [-0.15, -0.1) is 0 Å². The number of ether oxygens (including phenoxy) is 1. The van der Waals surface area contributed by atoms with Crippen LogP contribution in [0.15, 0.2) is 30.3 Å². The minimum atomic E-state index is -3.06. The Kier molecular flexibility index (Phi) is 2.92. The monoisotopic (exact) mass is 246 g/mol. The highest BCUT2D eigenvalue weighted by molar-refractivity contribution is 6.31. The van der Waals surface area contributed by atoms with Gasteiger partial charge >= 0.3 is 6.61 Å². The first kappa shape index (κ1) is 11.1. The van der Waals surface area contributed by atoms with Crippen molar-refractivity contribution in [2.45, 2.75) is 6.61 Å². The van der Waals surface area contributed by atoms with E-state index >= 15 is 0 Å². The summed E-state index contributed by atoms with van der Waals surface area (Å²) in [5.41, 5.74) is 0. The zero-order valence-electron chi connectivity index (χ0n) is 7.88. The summed E-state index contributed by atoms with van der Waals surface area (Å²) >= 11 is 5.73. The van der Waals surface area contributed by atoms with Crippen molar-refractivity contribution in [1.29, 1.82) is 0 Å². The molecule has 2 aromatic carbocycles. The third-order valence-electron chi connectivity index (χ3n) is 2.09. The SMILES string of the molecule is Fc1ccc2cc(Cl)ccc2c1OC(F)F. The third-order valence-corrected chi connectivity index (χ3v) is 2.33. The van der Waals surface area contributed by atoms with Crippen LogP contribution < -0.4 is 4.74 Å². The number of benzene rings is 2. The van der Waals surface area contributed by atoms with Crippen molar-refractivity contribution in [3.8, 4) is 5.75 Å². The molecule has 0 radical (unpaired) electrons. The molecule has 0 saturated heterocycles. The Bertz CT molecular complexity index is 528. The summed E-state index contributed by atoms with van der Waals surface area (Å²) in [4.78, 5) is 0. The highest BCUT2D eigenvalue weighted by Gasteiger charge is 2.13. The molecule has 0 aliphatic carbocycles. The fraction of sp³-hybridized carbons (Fsp3) is 0.0909. The van der Waals surface area contributed by atoms with E-state index in [4.69, 9.17) is 11.6 Å². The van der Waals surface area contributed by atoms with E-state index in [0.29, 0.717) is 10.4 Å². The zero-order chi connectivity index (χ0) is 11.7. The summed E-state index contributed by atoms with van der Waals surface area (Å²) in [5, 5.41) is 1.26. The first-order valence-electron chi connectivity index (χ1n) is 4.40. The molecule has 0 bridgehead atoms. The molecule has 84 valence electrons. The predicted octanol–water partition coefficient (Wildman–Crippen LogP) is 4.23. The lowest BCUT2D eigenvalue weighted by Gasteiger charge is -2.09. The molecule has 0 heterocycles. The van der Waals surface area contributed by atoms with Gasteiger partial charge in [0.05, 0.1) is 0 Å². The Labute approximate surface area is 94.4 Å². The maximum absolute atomic E-state index is 13.3. The van der Waals surface area contributed by atoms with Crippen LogP contribution in [-0.4, -0.2) is 6.61 Å². The van der Waals surface area contributed by atoms with E-state index in [1.807, 2.05) is 0 Å². The maximum atomic E-state index is 13.3. The lowest BCUT2D eigenvalue weighted by molar-refractivity contribution is -0.0510. The number of hydrogen-bond donors (Lipinski definition) is 0. The largest absolute Gasteiger partial charge is 0.431 e. The zero-order valence-corrected chi connectivity index (χ0v) is 8.64. The molecule has 0 unspecified atom stereocenters. The van der Waals surface area contributed by atoms with Gasteiger partial charge in [0, 0.05) is 10.4 Å². The quantitative estimate of drug-likeness (QED) is 0.770. The van der Waals surface area contributed by atoms with Gasteiger partial charge in [0.1, 0.15) is 0 Å². The van der Waals surface area contributed by atoms with Gasteiger partial charge in [0.15, 0.2) is 11.6 Å². The van der Waals surface area contributed by atoms with Crippen LogP contribution in [0.25, 0.3) is 10.8 Å². The van der Waals surface area contributed by atoms with Gasteiger partial charge < -0.3 is 4.74 Å². The molecule has 0 N–H and O–H groups in total. The molecule has 1 nitrogen and oxygen atoms in total. The van der Waals surface area contributed by atoms with Gasteiger partial charge in [-0.3, -0.25) is 0 Å². The van der Waals surface area contributed by atoms with Crippen LogP contribution in [0.5, 0.6) is 5.75 Å². The summed E-state index contributed by atoms with van der Waals surface area (Å²) in [7, 11) is 0. The maximum Gasteiger partial charge on any atom is 0.387 e. The van der Waals surface area contributed by atoms with E-state index in [-0.39, 0.29) is 5.39 Å². The second-order valence-electron chi connectivity index (χ2n) is 3.12. The second kappa shape index (κ2) is 4.22. The Hall–Kier alpha value is -1.42. The van der Waals surface area contributed by atoms with Gasteiger partial charge in [0.25, 0.3) is 0 Å². The topological polar surface area (TPSA) is 9.23 Å². The van der Waals surface area contributed by atoms with Crippen LogP contribution in [-0.2, 0) is 0 Å². The summed E-state index contributed by atoms with van der Waals surface area (Å²) in [5.74, 6) is -1.28. The lowest BCUT2D eigenvalue weighted by atomic mass is 10.1. The van der Waals surface area contributed by atoms with E-state index < -0.39 is 18.2 Å². The van der Waals surface area contributed by atoms with Crippen molar-refractivity contribution in [2.24, 2.45) is 0 Å². The second-order valence-corrected chi connectivity index (χ2v) is 3.56. The number of hydrogen-bond acceptors (Lipinski definition) is 1. The average molecular weight is 247 g/mol. The summed E-state index contributed by atoms with van der Waals surface area (Å²) in [6.07, 6.45) is 0. The first-order chi connectivity index (χ1) is 7.58. The van der Waals surface area contributed by atoms with Gasteiger partial charge in [-0.2, -0.15) is 8.78 Å². The molecule has 0 atom stereocenters. The third kappa shape index (κ3) is 2.07. The predicted molar refractivity (Wildman–Crippen MR) is 55.5 cm³/mol. The molecular weight excluding hydrogens is 241 g/mol. The van der Waals surface area contributed by atoms with Gasteiger partial charge in [0.2, 0.25) is 0 Å². The molecule has 2 rings (SSSR count).